The maximum atomic E-state index is 11.4. The van der Waals surface area contributed by atoms with Crippen LogP contribution in [0.15, 0.2) is 18.7 Å². The van der Waals surface area contributed by atoms with E-state index in [1.54, 1.807) is 12.5 Å². The second-order valence-corrected chi connectivity index (χ2v) is 3.88. The second-order valence-electron chi connectivity index (χ2n) is 3.88. The first kappa shape index (κ1) is 13.7. The van der Waals surface area contributed by atoms with Gasteiger partial charge in [-0.25, -0.2) is 4.98 Å². The number of hydrogen-bond acceptors (Lipinski definition) is 4. The molecule has 5 heteroatoms. The Morgan fingerprint density at radius 2 is 2.24 bits per heavy atom. The number of hydrogen-bond donors (Lipinski definition) is 0. The molecule has 0 aromatic carbocycles. The number of carbonyl (C=O) groups is 1. The zero-order chi connectivity index (χ0) is 12.5. The predicted octanol–water partition coefficient (Wildman–Crippen LogP) is 1.16. The number of carbonyl (C=O) groups excluding carboxylic acids is 1. The molecular formula is C12H21N3O2. The van der Waals surface area contributed by atoms with E-state index in [1.807, 2.05) is 17.7 Å². The molecule has 1 aromatic heterocycles. The van der Waals surface area contributed by atoms with Gasteiger partial charge in [-0.3, -0.25) is 9.69 Å². The zero-order valence-electron chi connectivity index (χ0n) is 10.6. The highest BCUT2D eigenvalue weighted by Gasteiger charge is 2.10. The van der Waals surface area contributed by atoms with Crippen LogP contribution in [0, 0.1) is 0 Å². The second kappa shape index (κ2) is 7.84. The van der Waals surface area contributed by atoms with Crippen LogP contribution in [0.1, 0.15) is 20.3 Å². The van der Waals surface area contributed by atoms with Gasteiger partial charge < -0.3 is 9.30 Å². The lowest BCUT2D eigenvalue weighted by atomic mass is 10.4. The molecular weight excluding hydrogens is 218 g/mol. The minimum Gasteiger partial charge on any atom is -0.465 e. The van der Waals surface area contributed by atoms with Crippen molar-refractivity contribution in [1.82, 2.24) is 14.5 Å². The van der Waals surface area contributed by atoms with Gasteiger partial charge in [-0.1, -0.05) is 6.92 Å². The summed E-state index contributed by atoms with van der Waals surface area (Å²) in [5.41, 5.74) is 0. The Hall–Kier alpha value is -1.36. The summed E-state index contributed by atoms with van der Waals surface area (Å²) in [5, 5.41) is 0. The monoisotopic (exact) mass is 239 g/mol. The van der Waals surface area contributed by atoms with Crippen molar-refractivity contribution >= 4 is 5.97 Å². The summed E-state index contributed by atoms with van der Waals surface area (Å²) in [4.78, 5) is 17.5. The minimum atomic E-state index is -0.147. The van der Waals surface area contributed by atoms with Crippen molar-refractivity contribution in [2.24, 2.45) is 0 Å². The van der Waals surface area contributed by atoms with Crippen LogP contribution in [0.4, 0.5) is 0 Å². The van der Waals surface area contributed by atoms with Crippen molar-refractivity contribution in [3.63, 3.8) is 0 Å². The van der Waals surface area contributed by atoms with Gasteiger partial charge in [-0.15, -0.1) is 0 Å². The predicted molar refractivity (Wildman–Crippen MR) is 65.6 cm³/mol. The molecule has 0 N–H and O–H groups in total. The van der Waals surface area contributed by atoms with Crippen molar-refractivity contribution < 1.29 is 9.53 Å². The lowest BCUT2D eigenvalue weighted by molar-refractivity contribution is -0.144. The third-order valence-corrected chi connectivity index (χ3v) is 2.43. The standard InChI is InChI=1S/C12H21N3O2/c1-3-6-14(10-12(16)17-4-2)8-9-15-7-5-13-11-15/h5,7,11H,3-4,6,8-10H2,1-2H3. The molecule has 0 fully saturated rings. The molecule has 0 aliphatic carbocycles. The third kappa shape index (κ3) is 5.49. The quantitative estimate of drug-likeness (QED) is 0.639. The summed E-state index contributed by atoms with van der Waals surface area (Å²) in [6.07, 6.45) is 6.50. The SMILES string of the molecule is CCCN(CCn1ccnc1)CC(=O)OCC. The van der Waals surface area contributed by atoms with Crippen LogP contribution in [-0.4, -0.2) is 46.7 Å². The topological polar surface area (TPSA) is 47.4 Å². The zero-order valence-corrected chi connectivity index (χ0v) is 10.6. The van der Waals surface area contributed by atoms with E-state index in [9.17, 15) is 4.79 Å². The van der Waals surface area contributed by atoms with Crippen molar-refractivity contribution in [2.75, 3.05) is 26.2 Å². The average molecular weight is 239 g/mol. The van der Waals surface area contributed by atoms with Gasteiger partial charge in [0.2, 0.25) is 0 Å². The molecule has 0 aliphatic heterocycles. The lowest BCUT2D eigenvalue weighted by Crippen LogP contribution is -2.34. The molecule has 1 rings (SSSR count). The summed E-state index contributed by atoms with van der Waals surface area (Å²) >= 11 is 0. The molecule has 0 saturated heterocycles. The molecule has 5 nitrogen and oxygen atoms in total. The highest BCUT2D eigenvalue weighted by molar-refractivity contribution is 5.71. The minimum absolute atomic E-state index is 0.147. The van der Waals surface area contributed by atoms with Gasteiger partial charge in [-0.2, -0.15) is 0 Å². The van der Waals surface area contributed by atoms with Crippen molar-refractivity contribution in [3.05, 3.63) is 18.7 Å². The van der Waals surface area contributed by atoms with E-state index in [0.29, 0.717) is 13.2 Å². The summed E-state index contributed by atoms with van der Waals surface area (Å²) in [7, 11) is 0. The molecule has 0 amide bonds. The number of esters is 1. The van der Waals surface area contributed by atoms with Crippen LogP contribution in [0.5, 0.6) is 0 Å². The van der Waals surface area contributed by atoms with E-state index in [-0.39, 0.29) is 5.97 Å². The number of nitrogens with zero attached hydrogens (tertiary/aromatic N) is 3. The summed E-state index contributed by atoms with van der Waals surface area (Å²) < 4.78 is 6.96. The summed E-state index contributed by atoms with van der Waals surface area (Å²) in [6, 6.07) is 0. The first-order chi connectivity index (χ1) is 8.26. The van der Waals surface area contributed by atoms with Crippen LogP contribution in [-0.2, 0) is 16.1 Å². The van der Waals surface area contributed by atoms with Crippen LogP contribution < -0.4 is 0 Å². The molecule has 0 saturated carbocycles. The molecule has 0 bridgehead atoms. The summed E-state index contributed by atoms with van der Waals surface area (Å²) in [6.45, 7) is 7.34. The van der Waals surface area contributed by atoms with Crippen LogP contribution in [0.3, 0.4) is 0 Å². The van der Waals surface area contributed by atoms with Gasteiger partial charge in [-0.05, 0) is 19.9 Å². The maximum Gasteiger partial charge on any atom is 0.320 e. The Morgan fingerprint density at radius 1 is 1.41 bits per heavy atom. The molecule has 0 unspecified atom stereocenters. The first-order valence-corrected chi connectivity index (χ1v) is 6.10. The van der Waals surface area contributed by atoms with Crippen molar-refractivity contribution in [1.29, 1.82) is 0 Å². The van der Waals surface area contributed by atoms with E-state index in [4.69, 9.17) is 4.74 Å². The Bertz CT molecular complexity index is 312. The Labute approximate surface area is 102 Å². The molecule has 17 heavy (non-hydrogen) atoms. The molecule has 0 aliphatic rings. The molecule has 0 atom stereocenters. The first-order valence-electron chi connectivity index (χ1n) is 6.10. The van der Waals surface area contributed by atoms with Gasteiger partial charge in [0.1, 0.15) is 0 Å². The Morgan fingerprint density at radius 3 is 2.82 bits per heavy atom. The largest absolute Gasteiger partial charge is 0.465 e. The van der Waals surface area contributed by atoms with Crippen molar-refractivity contribution in [2.45, 2.75) is 26.8 Å². The normalized spacial score (nSPS) is 10.8. The van der Waals surface area contributed by atoms with Crippen LogP contribution >= 0.6 is 0 Å². The highest BCUT2D eigenvalue weighted by Crippen LogP contribution is 1.96. The average Bonchev–Trinajstić information content (AvgIpc) is 2.79. The summed E-state index contributed by atoms with van der Waals surface area (Å²) in [5.74, 6) is -0.147. The molecule has 1 aromatic rings. The fourth-order valence-electron chi connectivity index (χ4n) is 1.65. The molecule has 0 radical (unpaired) electrons. The molecule has 0 spiro atoms. The van der Waals surface area contributed by atoms with Gasteiger partial charge in [0, 0.05) is 25.5 Å². The van der Waals surface area contributed by atoms with E-state index in [0.717, 1.165) is 26.1 Å². The van der Waals surface area contributed by atoms with E-state index >= 15 is 0 Å². The van der Waals surface area contributed by atoms with E-state index < -0.39 is 0 Å². The van der Waals surface area contributed by atoms with E-state index in [1.165, 1.54) is 0 Å². The molecule has 1 heterocycles. The molecule has 96 valence electrons. The van der Waals surface area contributed by atoms with Gasteiger partial charge in [0.05, 0.1) is 19.5 Å². The van der Waals surface area contributed by atoms with E-state index in [2.05, 4.69) is 16.8 Å². The number of imidazole rings is 1. The number of ether oxygens (including phenoxy) is 1. The maximum absolute atomic E-state index is 11.4. The van der Waals surface area contributed by atoms with Gasteiger partial charge >= 0.3 is 5.97 Å². The van der Waals surface area contributed by atoms with Gasteiger partial charge in [0.15, 0.2) is 0 Å². The third-order valence-electron chi connectivity index (χ3n) is 2.43. The highest BCUT2D eigenvalue weighted by atomic mass is 16.5. The lowest BCUT2D eigenvalue weighted by Gasteiger charge is -2.20. The van der Waals surface area contributed by atoms with Crippen LogP contribution in [0.25, 0.3) is 0 Å². The fraction of sp³-hybridized carbons (Fsp3) is 0.667. The smallest absolute Gasteiger partial charge is 0.320 e. The number of aromatic nitrogens is 2. The van der Waals surface area contributed by atoms with Crippen LogP contribution in [0.2, 0.25) is 0 Å². The Kier molecular flexibility index (Phi) is 6.32. The number of rotatable bonds is 8. The van der Waals surface area contributed by atoms with Gasteiger partial charge in [0.25, 0.3) is 0 Å². The fourth-order valence-corrected chi connectivity index (χ4v) is 1.65. The van der Waals surface area contributed by atoms with Crippen molar-refractivity contribution in [3.8, 4) is 0 Å². The Balaban J connectivity index is 2.34.